The van der Waals surface area contributed by atoms with E-state index in [9.17, 15) is 0 Å². The maximum absolute atomic E-state index is 2.19. The summed E-state index contributed by atoms with van der Waals surface area (Å²) in [6.45, 7) is 4.29. The van der Waals surface area contributed by atoms with Gasteiger partial charge in [0.1, 0.15) is 0 Å². The van der Waals surface area contributed by atoms with Crippen molar-refractivity contribution in [1.82, 2.24) is 0 Å². The second-order valence-corrected chi connectivity index (χ2v) is 6.01. The normalized spacial score (nSPS) is 11.4. The van der Waals surface area contributed by atoms with E-state index >= 15 is 0 Å². The van der Waals surface area contributed by atoms with Crippen LogP contribution in [0.5, 0.6) is 0 Å². The molecule has 0 spiro atoms. The Morgan fingerprint density at radius 2 is 0.708 bits per heavy atom. The lowest BCUT2D eigenvalue weighted by atomic mass is 10.0. The van der Waals surface area contributed by atoms with Crippen LogP contribution in [0.25, 0.3) is 24.3 Å². The minimum absolute atomic E-state index is 1.23. The molecule has 0 heteroatoms. The molecule has 0 aliphatic heterocycles. The molecular weight excluding hydrogens is 288 g/mol. The third-order valence-electron chi connectivity index (χ3n) is 4.26. The zero-order valence-corrected chi connectivity index (χ0v) is 14.2. The first-order valence-corrected chi connectivity index (χ1v) is 8.30. The summed E-state index contributed by atoms with van der Waals surface area (Å²) >= 11 is 0. The zero-order valence-electron chi connectivity index (χ0n) is 14.2. The number of hydrogen-bond acceptors (Lipinski definition) is 0. The third kappa shape index (κ3) is 3.91. The topological polar surface area (TPSA) is 0 Å². The van der Waals surface area contributed by atoms with E-state index in [1.165, 1.54) is 33.4 Å². The minimum Gasteiger partial charge on any atom is -0.0620 e. The molecule has 0 saturated carbocycles. The molecule has 3 rings (SSSR count). The summed E-state index contributed by atoms with van der Waals surface area (Å²) in [7, 11) is 0. The van der Waals surface area contributed by atoms with Crippen LogP contribution in [0.15, 0.2) is 72.8 Å². The Morgan fingerprint density at radius 1 is 0.417 bits per heavy atom. The van der Waals surface area contributed by atoms with Crippen LogP contribution in [0.3, 0.4) is 0 Å². The summed E-state index contributed by atoms with van der Waals surface area (Å²) in [5.74, 6) is 0. The Labute approximate surface area is 144 Å². The fraction of sp³-hybridized carbons (Fsp3) is 0.0833. The van der Waals surface area contributed by atoms with Gasteiger partial charge in [-0.25, -0.2) is 0 Å². The first-order valence-electron chi connectivity index (χ1n) is 8.30. The van der Waals surface area contributed by atoms with Crippen molar-refractivity contribution in [2.45, 2.75) is 13.8 Å². The molecule has 0 fully saturated rings. The molecule has 0 N–H and O–H groups in total. The molecular formula is C24H22. The molecule has 0 unspecified atom stereocenters. The highest BCUT2D eigenvalue weighted by Crippen LogP contribution is 2.18. The van der Waals surface area contributed by atoms with Gasteiger partial charge in [0, 0.05) is 0 Å². The Kier molecular flexibility index (Phi) is 5.08. The van der Waals surface area contributed by atoms with Crippen LogP contribution in [0, 0.1) is 13.8 Å². The maximum atomic E-state index is 2.19. The fourth-order valence-corrected chi connectivity index (χ4v) is 2.72. The van der Waals surface area contributed by atoms with Crippen molar-refractivity contribution in [3.8, 4) is 0 Å². The van der Waals surface area contributed by atoms with Crippen molar-refractivity contribution in [1.29, 1.82) is 0 Å². The molecule has 0 aliphatic carbocycles. The summed E-state index contributed by atoms with van der Waals surface area (Å²) in [5.41, 5.74) is 7.56. The van der Waals surface area contributed by atoms with Gasteiger partial charge in [-0.3, -0.25) is 0 Å². The molecule has 0 heterocycles. The summed E-state index contributed by atoms with van der Waals surface area (Å²) in [6.07, 6.45) is 8.77. The number of aryl methyl sites for hydroxylation is 2. The first-order chi connectivity index (χ1) is 11.7. The predicted octanol–water partition coefficient (Wildman–Crippen LogP) is 6.64. The highest BCUT2D eigenvalue weighted by molar-refractivity contribution is 5.80. The van der Waals surface area contributed by atoms with Gasteiger partial charge in [0.05, 0.1) is 0 Å². The molecule has 0 bridgehead atoms. The molecule has 0 radical (unpaired) electrons. The van der Waals surface area contributed by atoms with Crippen molar-refractivity contribution in [2.75, 3.05) is 0 Å². The second-order valence-electron chi connectivity index (χ2n) is 6.01. The first kappa shape index (κ1) is 16.0. The number of benzene rings is 3. The van der Waals surface area contributed by atoms with E-state index in [0.29, 0.717) is 0 Å². The monoisotopic (exact) mass is 310 g/mol. The van der Waals surface area contributed by atoms with E-state index in [0.717, 1.165) is 0 Å². The standard InChI is InChI=1S/C24H22/c1-19-9-3-5-11-21(19)15-17-23-13-7-8-14-24(23)18-16-22-12-6-4-10-20(22)2/h3-18H,1-2H3. The average Bonchev–Trinajstić information content (AvgIpc) is 2.61. The van der Waals surface area contributed by atoms with Crippen LogP contribution >= 0.6 is 0 Å². The Hall–Kier alpha value is -2.86. The molecule has 3 aromatic rings. The second kappa shape index (κ2) is 7.61. The van der Waals surface area contributed by atoms with Crippen LogP contribution in [0.1, 0.15) is 33.4 Å². The predicted molar refractivity (Wildman–Crippen MR) is 107 cm³/mol. The molecule has 0 aromatic heterocycles. The largest absolute Gasteiger partial charge is 0.0620 e. The van der Waals surface area contributed by atoms with Crippen molar-refractivity contribution in [2.24, 2.45) is 0 Å². The van der Waals surface area contributed by atoms with Gasteiger partial charge in [-0.1, -0.05) is 97.1 Å². The average molecular weight is 310 g/mol. The third-order valence-corrected chi connectivity index (χ3v) is 4.26. The highest BCUT2D eigenvalue weighted by Gasteiger charge is 1.97. The van der Waals surface area contributed by atoms with Crippen LogP contribution in [-0.4, -0.2) is 0 Å². The fourth-order valence-electron chi connectivity index (χ4n) is 2.72. The highest BCUT2D eigenvalue weighted by atomic mass is 14.0. The van der Waals surface area contributed by atoms with Crippen molar-refractivity contribution in [3.63, 3.8) is 0 Å². The van der Waals surface area contributed by atoms with E-state index in [1.807, 2.05) is 0 Å². The molecule has 0 atom stereocenters. The van der Waals surface area contributed by atoms with Gasteiger partial charge in [0.25, 0.3) is 0 Å². The summed E-state index contributed by atoms with van der Waals surface area (Å²) in [6, 6.07) is 25.4. The smallest absolute Gasteiger partial charge is 0.0184 e. The Morgan fingerprint density at radius 3 is 1.08 bits per heavy atom. The molecule has 0 saturated heterocycles. The SMILES string of the molecule is Cc1ccccc1C=Cc1ccccc1C=Cc1ccccc1C. The number of hydrogen-bond donors (Lipinski definition) is 0. The van der Waals surface area contributed by atoms with Crippen molar-refractivity contribution < 1.29 is 0 Å². The van der Waals surface area contributed by atoms with Crippen LogP contribution in [-0.2, 0) is 0 Å². The zero-order chi connectivity index (χ0) is 16.8. The van der Waals surface area contributed by atoms with Crippen LogP contribution < -0.4 is 0 Å². The van der Waals surface area contributed by atoms with Gasteiger partial charge in [-0.15, -0.1) is 0 Å². The molecule has 3 aromatic carbocycles. The van der Waals surface area contributed by atoms with Gasteiger partial charge in [0.15, 0.2) is 0 Å². The minimum atomic E-state index is 1.23. The number of rotatable bonds is 4. The van der Waals surface area contributed by atoms with Crippen molar-refractivity contribution >= 4 is 24.3 Å². The molecule has 118 valence electrons. The van der Waals surface area contributed by atoms with E-state index < -0.39 is 0 Å². The van der Waals surface area contributed by atoms with Gasteiger partial charge >= 0.3 is 0 Å². The van der Waals surface area contributed by atoms with E-state index in [4.69, 9.17) is 0 Å². The van der Waals surface area contributed by atoms with Gasteiger partial charge in [-0.2, -0.15) is 0 Å². The molecule has 0 aliphatic rings. The lowest BCUT2D eigenvalue weighted by Crippen LogP contribution is -1.82. The lowest BCUT2D eigenvalue weighted by Gasteiger charge is -2.03. The lowest BCUT2D eigenvalue weighted by molar-refractivity contribution is 1.44. The summed E-state index contributed by atoms with van der Waals surface area (Å²) in [4.78, 5) is 0. The quantitative estimate of drug-likeness (QED) is 0.473. The van der Waals surface area contributed by atoms with Crippen LogP contribution in [0.2, 0.25) is 0 Å². The van der Waals surface area contributed by atoms with Gasteiger partial charge in [0.2, 0.25) is 0 Å². The van der Waals surface area contributed by atoms with Gasteiger partial charge < -0.3 is 0 Å². The molecule has 0 amide bonds. The van der Waals surface area contributed by atoms with E-state index in [-0.39, 0.29) is 0 Å². The summed E-state index contributed by atoms with van der Waals surface area (Å²) < 4.78 is 0. The summed E-state index contributed by atoms with van der Waals surface area (Å²) in [5, 5.41) is 0. The Bertz CT molecular complexity index is 807. The van der Waals surface area contributed by atoms with E-state index in [1.54, 1.807) is 0 Å². The van der Waals surface area contributed by atoms with Gasteiger partial charge in [-0.05, 0) is 47.2 Å². The van der Waals surface area contributed by atoms with Crippen molar-refractivity contribution in [3.05, 3.63) is 106 Å². The Balaban J connectivity index is 1.89. The molecule has 24 heavy (non-hydrogen) atoms. The van der Waals surface area contributed by atoms with E-state index in [2.05, 4.69) is 111 Å². The maximum Gasteiger partial charge on any atom is -0.0184 e. The van der Waals surface area contributed by atoms with Crippen LogP contribution in [0.4, 0.5) is 0 Å². The molecule has 0 nitrogen and oxygen atoms in total.